The van der Waals surface area contributed by atoms with Gasteiger partial charge < -0.3 is 5.73 Å². The molecule has 0 aromatic rings. The number of hydrogen-bond acceptors (Lipinski definition) is 2. The first-order valence-corrected chi connectivity index (χ1v) is 4.30. The molecule has 1 saturated carbocycles. The molecule has 0 aromatic carbocycles. The van der Waals surface area contributed by atoms with Crippen LogP contribution in [0.1, 0.15) is 12.8 Å². The van der Waals surface area contributed by atoms with Gasteiger partial charge in [-0.25, -0.2) is 0 Å². The van der Waals surface area contributed by atoms with E-state index in [2.05, 4.69) is 0 Å². The average molecular weight is 133 g/mol. The standard InChI is InChI=1S/C5H11NOS/c6-3-4-8(7)5-1-2-5/h5H,1-4,6H2. The summed E-state index contributed by atoms with van der Waals surface area (Å²) in [5, 5.41) is 0.513. The van der Waals surface area contributed by atoms with Crippen molar-refractivity contribution in [1.82, 2.24) is 0 Å². The van der Waals surface area contributed by atoms with E-state index in [0.717, 1.165) is 12.8 Å². The van der Waals surface area contributed by atoms with Gasteiger partial charge in [-0.3, -0.25) is 4.21 Å². The predicted molar refractivity (Wildman–Crippen MR) is 35.1 cm³/mol. The fourth-order valence-electron chi connectivity index (χ4n) is 0.614. The van der Waals surface area contributed by atoms with E-state index in [-0.39, 0.29) is 0 Å². The van der Waals surface area contributed by atoms with Crippen LogP contribution >= 0.6 is 0 Å². The molecule has 0 heterocycles. The van der Waals surface area contributed by atoms with Crippen molar-refractivity contribution in [3.8, 4) is 0 Å². The van der Waals surface area contributed by atoms with Crippen LogP contribution in [0.25, 0.3) is 0 Å². The first kappa shape index (κ1) is 6.23. The van der Waals surface area contributed by atoms with Crippen molar-refractivity contribution < 1.29 is 4.21 Å². The molecule has 1 rings (SSSR count). The highest BCUT2D eigenvalue weighted by Crippen LogP contribution is 2.25. The van der Waals surface area contributed by atoms with Gasteiger partial charge in [-0.1, -0.05) is 0 Å². The van der Waals surface area contributed by atoms with Crippen molar-refractivity contribution in [1.29, 1.82) is 0 Å². The van der Waals surface area contributed by atoms with Gasteiger partial charge in [0, 0.05) is 28.3 Å². The molecule has 0 saturated heterocycles. The lowest BCUT2D eigenvalue weighted by Gasteiger charge is -1.92. The Morgan fingerprint density at radius 1 is 1.62 bits per heavy atom. The number of nitrogens with two attached hydrogens (primary N) is 1. The first-order chi connectivity index (χ1) is 3.84. The largest absolute Gasteiger partial charge is 0.330 e. The Kier molecular flexibility index (Phi) is 2.02. The molecule has 0 spiro atoms. The molecule has 2 N–H and O–H groups in total. The Labute approximate surface area is 51.9 Å². The fraction of sp³-hybridized carbons (Fsp3) is 1.00. The Morgan fingerprint density at radius 2 is 2.25 bits per heavy atom. The Balaban J connectivity index is 2.13. The minimum absolute atomic E-state index is 0.513. The van der Waals surface area contributed by atoms with Crippen LogP contribution in [0.3, 0.4) is 0 Å². The molecule has 48 valence electrons. The van der Waals surface area contributed by atoms with Gasteiger partial charge in [0.25, 0.3) is 0 Å². The van der Waals surface area contributed by atoms with E-state index in [0.29, 0.717) is 17.5 Å². The molecular weight excluding hydrogens is 122 g/mol. The van der Waals surface area contributed by atoms with Gasteiger partial charge in [0.2, 0.25) is 0 Å². The molecule has 2 nitrogen and oxygen atoms in total. The molecule has 0 aromatic heterocycles. The summed E-state index contributed by atoms with van der Waals surface area (Å²) < 4.78 is 10.8. The van der Waals surface area contributed by atoms with Gasteiger partial charge in [0.15, 0.2) is 0 Å². The Morgan fingerprint density at radius 3 is 2.62 bits per heavy atom. The van der Waals surface area contributed by atoms with E-state index < -0.39 is 10.8 Å². The molecule has 1 aliphatic carbocycles. The van der Waals surface area contributed by atoms with Crippen molar-refractivity contribution in [3.63, 3.8) is 0 Å². The van der Waals surface area contributed by atoms with Crippen molar-refractivity contribution in [2.24, 2.45) is 5.73 Å². The molecule has 1 atom stereocenters. The minimum atomic E-state index is -0.586. The highest BCUT2D eigenvalue weighted by atomic mass is 32.2. The smallest absolute Gasteiger partial charge is 0.0360 e. The normalized spacial score (nSPS) is 23.1. The van der Waals surface area contributed by atoms with Crippen molar-refractivity contribution in [2.75, 3.05) is 12.3 Å². The van der Waals surface area contributed by atoms with E-state index in [1.165, 1.54) is 0 Å². The summed E-state index contributed by atoms with van der Waals surface area (Å²) in [7, 11) is -0.586. The van der Waals surface area contributed by atoms with Crippen LogP contribution in [0.15, 0.2) is 0 Å². The molecule has 1 unspecified atom stereocenters. The second kappa shape index (κ2) is 2.60. The van der Waals surface area contributed by atoms with Crippen molar-refractivity contribution in [2.45, 2.75) is 18.1 Å². The Bertz CT molecular complexity index is 101. The van der Waals surface area contributed by atoms with E-state index in [4.69, 9.17) is 5.73 Å². The summed E-state index contributed by atoms with van der Waals surface area (Å²) in [6.07, 6.45) is 2.32. The van der Waals surface area contributed by atoms with Crippen LogP contribution in [0, 0.1) is 0 Å². The van der Waals surface area contributed by atoms with Crippen molar-refractivity contribution in [3.05, 3.63) is 0 Å². The second-order valence-electron chi connectivity index (χ2n) is 2.07. The van der Waals surface area contributed by atoms with E-state index >= 15 is 0 Å². The zero-order chi connectivity index (χ0) is 5.98. The number of rotatable bonds is 3. The summed E-state index contributed by atoms with van der Waals surface area (Å²) >= 11 is 0. The Hall–Kier alpha value is 0.110. The van der Waals surface area contributed by atoms with E-state index in [1.54, 1.807) is 0 Å². The average Bonchev–Trinajstić information content (AvgIpc) is 2.45. The van der Waals surface area contributed by atoms with Gasteiger partial charge in [-0.15, -0.1) is 0 Å². The minimum Gasteiger partial charge on any atom is -0.330 e. The molecule has 3 heteroatoms. The zero-order valence-electron chi connectivity index (χ0n) is 4.80. The molecule has 1 aliphatic rings. The SMILES string of the molecule is NCCS(=O)C1CC1. The molecule has 8 heavy (non-hydrogen) atoms. The lowest BCUT2D eigenvalue weighted by molar-refractivity contribution is 0.682. The van der Waals surface area contributed by atoms with Crippen molar-refractivity contribution >= 4 is 10.8 Å². The molecular formula is C5H11NOS. The highest BCUT2D eigenvalue weighted by Gasteiger charge is 2.27. The molecule has 0 amide bonds. The van der Waals surface area contributed by atoms with Crippen LogP contribution in [0.2, 0.25) is 0 Å². The maximum Gasteiger partial charge on any atom is 0.0360 e. The van der Waals surface area contributed by atoms with E-state index in [1.807, 2.05) is 0 Å². The van der Waals surface area contributed by atoms with Gasteiger partial charge in [0.1, 0.15) is 0 Å². The lowest BCUT2D eigenvalue weighted by Crippen LogP contribution is -2.12. The zero-order valence-corrected chi connectivity index (χ0v) is 5.62. The third-order valence-corrected chi connectivity index (χ3v) is 3.07. The van der Waals surface area contributed by atoms with Gasteiger partial charge >= 0.3 is 0 Å². The maximum atomic E-state index is 10.8. The summed E-state index contributed by atoms with van der Waals surface area (Å²) in [4.78, 5) is 0. The second-order valence-corrected chi connectivity index (χ2v) is 3.91. The third-order valence-electron chi connectivity index (χ3n) is 1.22. The fourth-order valence-corrected chi connectivity index (χ4v) is 1.84. The third kappa shape index (κ3) is 1.56. The van der Waals surface area contributed by atoms with Crippen LogP contribution < -0.4 is 5.73 Å². The number of hydrogen-bond donors (Lipinski definition) is 1. The van der Waals surface area contributed by atoms with Crippen LogP contribution in [-0.4, -0.2) is 21.8 Å². The maximum absolute atomic E-state index is 10.8. The topological polar surface area (TPSA) is 43.1 Å². The van der Waals surface area contributed by atoms with Crippen LogP contribution in [0.4, 0.5) is 0 Å². The van der Waals surface area contributed by atoms with Gasteiger partial charge in [0.05, 0.1) is 0 Å². The van der Waals surface area contributed by atoms with Crippen LogP contribution in [-0.2, 0) is 10.8 Å². The quantitative estimate of drug-likeness (QED) is 0.582. The first-order valence-electron chi connectivity index (χ1n) is 2.92. The molecule has 0 bridgehead atoms. The highest BCUT2D eigenvalue weighted by molar-refractivity contribution is 7.85. The van der Waals surface area contributed by atoms with Gasteiger partial charge in [-0.2, -0.15) is 0 Å². The summed E-state index contributed by atoms with van der Waals surface area (Å²) in [6.45, 7) is 0.573. The molecule has 1 fully saturated rings. The lowest BCUT2D eigenvalue weighted by atomic mass is 10.8. The summed E-state index contributed by atoms with van der Waals surface area (Å²) in [5.74, 6) is 0.699. The van der Waals surface area contributed by atoms with Gasteiger partial charge in [-0.05, 0) is 12.8 Å². The summed E-state index contributed by atoms with van der Waals surface area (Å²) in [5.41, 5.74) is 5.20. The molecule has 0 radical (unpaired) electrons. The predicted octanol–water partition coefficient (Wildman–Crippen LogP) is -0.144. The summed E-state index contributed by atoms with van der Waals surface area (Å²) in [6, 6.07) is 0. The van der Waals surface area contributed by atoms with E-state index in [9.17, 15) is 4.21 Å². The monoisotopic (exact) mass is 133 g/mol. The van der Waals surface area contributed by atoms with Crippen LogP contribution in [0.5, 0.6) is 0 Å². The molecule has 0 aliphatic heterocycles.